The van der Waals surface area contributed by atoms with E-state index in [2.05, 4.69) is 36.2 Å². The molecule has 25 heavy (non-hydrogen) atoms. The Morgan fingerprint density at radius 2 is 1.68 bits per heavy atom. The average molecular weight is 338 g/mol. The number of para-hydroxylation sites is 1. The molecular formula is C21H26N2O2. The second-order valence-corrected chi connectivity index (χ2v) is 6.73. The highest BCUT2D eigenvalue weighted by Gasteiger charge is 2.22. The normalized spacial score (nSPS) is 21.0. The molecule has 1 fully saturated rings. The molecule has 2 atom stereocenters. The van der Waals surface area contributed by atoms with E-state index in [1.54, 1.807) is 0 Å². The molecule has 0 saturated carbocycles. The van der Waals surface area contributed by atoms with Crippen molar-refractivity contribution in [3.05, 3.63) is 54.6 Å². The standard InChI is InChI=1S/C21H26N2O2/c1-16-14-23(15-17(2)25-16)13-12-21(24)22-20-11-7-6-10-19(20)18-8-4-3-5-9-18/h3-11,16-17H,12-15H2,1-2H3,(H,22,24). The lowest BCUT2D eigenvalue weighted by Gasteiger charge is -2.35. The highest BCUT2D eigenvalue weighted by Crippen LogP contribution is 2.27. The number of carbonyl (C=O) groups excluding carboxylic acids is 1. The van der Waals surface area contributed by atoms with Gasteiger partial charge in [0.1, 0.15) is 0 Å². The van der Waals surface area contributed by atoms with Gasteiger partial charge >= 0.3 is 0 Å². The van der Waals surface area contributed by atoms with Gasteiger partial charge in [-0.25, -0.2) is 0 Å². The predicted molar refractivity (Wildman–Crippen MR) is 102 cm³/mol. The van der Waals surface area contributed by atoms with Gasteiger partial charge in [-0.1, -0.05) is 48.5 Å². The molecule has 0 spiro atoms. The van der Waals surface area contributed by atoms with E-state index in [-0.39, 0.29) is 18.1 Å². The lowest BCUT2D eigenvalue weighted by Crippen LogP contribution is -2.46. The summed E-state index contributed by atoms with van der Waals surface area (Å²) in [6.45, 7) is 6.70. The van der Waals surface area contributed by atoms with Crippen LogP contribution in [0, 0.1) is 0 Å². The molecule has 3 rings (SSSR count). The van der Waals surface area contributed by atoms with E-state index >= 15 is 0 Å². The van der Waals surface area contributed by atoms with Crippen molar-refractivity contribution in [2.24, 2.45) is 0 Å². The maximum atomic E-state index is 12.4. The van der Waals surface area contributed by atoms with Crippen molar-refractivity contribution in [3.8, 4) is 11.1 Å². The third-order valence-corrected chi connectivity index (χ3v) is 4.44. The molecule has 1 heterocycles. The number of rotatable bonds is 5. The molecule has 1 saturated heterocycles. The summed E-state index contributed by atoms with van der Waals surface area (Å²) in [5.74, 6) is 0.0511. The van der Waals surface area contributed by atoms with Gasteiger partial charge in [0.25, 0.3) is 0 Å². The molecule has 4 heteroatoms. The van der Waals surface area contributed by atoms with Gasteiger partial charge in [-0.15, -0.1) is 0 Å². The molecule has 0 bridgehead atoms. The van der Waals surface area contributed by atoms with Crippen LogP contribution < -0.4 is 5.32 Å². The Hall–Kier alpha value is -2.17. The fourth-order valence-electron chi connectivity index (χ4n) is 3.40. The second kappa shape index (κ2) is 8.28. The highest BCUT2D eigenvalue weighted by molar-refractivity contribution is 5.95. The minimum absolute atomic E-state index is 0.0511. The van der Waals surface area contributed by atoms with Gasteiger partial charge in [-0.05, 0) is 25.5 Å². The Labute approximate surface area is 149 Å². The van der Waals surface area contributed by atoms with Crippen LogP contribution in [0.5, 0.6) is 0 Å². The van der Waals surface area contributed by atoms with Crippen LogP contribution in [-0.2, 0) is 9.53 Å². The molecule has 1 aliphatic rings. The molecule has 0 aromatic heterocycles. The number of morpholine rings is 1. The van der Waals surface area contributed by atoms with Crippen LogP contribution in [-0.4, -0.2) is 42.6 Å². The van der Waals surface area contributed by atoms with Crippen molar-refractivity contribution in [2.75, 3.05) is 25.0 Å². The third kappa shape index (κ3) is 4.91. The summed E-state index contributed by atoms with van der Waals surface area (Å²) < 4.78 is 5.74. The zero-order chi connectivity index (χ0) is 17.6. The number of hydrogen-bond donors (Lipinski definition) is 1. The first-order valence-corrected chi connectivity index (χ1v) is 8.94. The van der Waals surface area contributed by atoms with Crippen LogP contribution in [0.2, 0.25) is 0 Å². The fourth-order valence-corrected chi connectivity index (χ4v) is 3.40. The SMILES string of the molecule is CC1CN(CCC(=O)Nc2ccccc2-c2ccccc2)CC(C)O1. The Balaban J connectivity index is 1.60. The molecule has 1 amide bonds. The number of amides is 1. The highest BCUT2D eigenvalue weighted by atomic mass is 16.5. The molecule has 0 aliphatic carbocycles. The molecule has 4 nitrogen and oxygen atoms in total. The largest absolute Gasteiger partial charge is 0.373 e. The maximum Gasteiger partial charge on any atom is 0.225 e. The summed E-state index contributed by atoms with van der Waals surface area (Å²) in [5.41, 5.74) is 3.02. The number of carbonyl (C=O) groups is 1. The molecule has 2 aromatic rings. The van der Waals surface area contributed by atoms with Crippen molar-refractivity contribution in [1.29, 1.82) is 0 Å². The summed E-state index contributed by atoms with van der Waals surface area (Å²) in [6.07, 6.45) is 0.944. The number of anilines is 1. The fraction of sp³-hybridized carbons (Fsp3) is 0.381. The number of benzene rings is 2. The quantitative estimate of drug-likeness (QED) is 0.902. The zero-order valence-electron chi connectivity index (χ0n) is 14.9. The van der Waals surface area contributed by atoms with Gasteiger partial charge in [0.2, 0.25) is 5.91 Å². The first-order chi connectivity index (χ1) is 12.1. The van der Waals surface area contributed by atoms with Crippen molar-refractivity contribution >= 4 is 11.6 Å². The van der Waals surface area contributed by atoms with E-state index in [1.807, 2.05) is 42.5 Å². The van der Waals surface area contributed by atoms with Crippen LogP contribution >= 0.6 is 0 Å². The third-order valence-electron chi connectivity index (χ3n) is 4.44. The summed E-state index contributed by atoms with van der Waals surface area (Å²) in [7, 11) is 0. The summed E-state index contributed by atoms with van der Waals surface area (Å²) >= 11 is 0. The van der Waals surface area contributed by atoms with Crippen LogP contribution in [0.3, 0.4) is 0 Å². The molecule has 1 aliphatic heterocycles. The molecular weight excluding hydrogens is 312 g/mol. The Bertz CT molecular complexity index is 692. The van der Waals surface area contributed by atoms with E-state index in [0.717, 1.165) is 36.4 Å². The van der Waals surface area contributed by atoms with Gasteiger partial charge in [0.15, 0.2) is 0 Å². The molecule has 1 N–H and O–H groups in total. The minimum Gasteiger partial charge on any atom is -0.373 e. The van der Waals surface area contributed by atoms with Gasteiger partial charge in [-0.2, -0.15) is 0 Å². The topological polar surface area (TPSA) is 41.6 Å². The zero-order valence-corrected chi connectivity index (χ0v) is 14.9. The first kappa shape index (κ1) is 17.6. The Kier molecular flexibility index (Phi) is 5.84. The second-order valence-electron chi connectivity index (χ2n) is 6.73. The number of nitrogens with zero attached hydrogens (tertiary/aromatic N) is 1. The number of nitrogens with one attached hydrogen (secondary N) is 1. The van der Waals surface area contributed by atoms with Crippen molar-refractivity contribution in [3.63, 3.8) is 0 Å². The molecule has 132 valence electrons. The number of hydrogen-bond acceptors (Lipinski definition) is 3. The predicted octanol–water partition coefficient (Wildman–Crippen LogP) is 3.79. The Morgan fingerprint density at radius 1 is 1.04 bits per heavy atom. The van der Waals surface area contributed by atoms with E-state index in [0.29, 0.717) is 6.42 Å². The molecule has 0 radical (unpaired) electrons. The van der Waals surface area contributed by atoms with Crippen molar-refractivity contribution in [2.45, 2.75) is 32.5 Å². The maximum absolute atomic E-state index is 12.4. The van der Waals surface area contributed by atoms with Gasteiger partial charge < -0.3 is 10.1 Å². The van der Waals surface area contributed by atoms with E-state index in [4.69, 9.17) is 4.74 Å². The lowest BCUT2D eigenvalue weighted by atomic mass is 10.0. The summed E-state index contributed by atoms with van der Waals surface area (Å²) in [6, 6.07) is 18.1. The first-order valence-electron chi connectivity index (χ1n) is 8.94. The van der Waals surface area contributed by atoms with Crippen LogP contribution in [0.25, 0.3) is 11.1 Å². The molecule has 2 aromatic carbocycles. The summed E-state index contributed by atoms with van der Waals surface area (Å²) in [4.78, 5) is 14.7. The van der Waals surface area contributed by atoms with Crippen molar-refractivity contribution < 1.29 is 9.53 Å². The van der Waals surface area contributed by atoms with Crippen molar-refractivity contribution in [1.82, 2.24) is 4.90 Å². The van der Waals surface area contributed by atoms with E-state index in [1.165, 1.54) is 0 Å². The monoisotopic (exact) mass is 338 g/mol. The van der Waals surface area contributed by atoms with E-state index in [9.17, 15) is 4.79 Å². The van der Waals surface area contributed by atoms with Crippen LogP contribution in [0.15, 0.2) is 54.6 Å². The van der Waals surface area contributed by atoms with Gasteiger partial charge in [0.05, 0.1) is 12.2 Å². The van der Waals surface area contributed by atoms with Gasteiger partial charge in [0, 0.05) is 37.3 Å². The lowest BCUT2D eigenvalue weighted by molar-refractivity contribution is -0.117. The minimum atomic E-state index is 0.0511. The Morgan fingerprint density at radius 3 is 2.40 bits per heavy atom. The number of ether oxygens (including phenoxy) is 1. The van der Waals surface area contributed by atoms with Crippen LogP contribution in [0.1, 0.15) is 20.3 Å². The average Bonchev–Trinajstić information content (AvgIpc) is 2.60. The van der Waals surface area contributed by atoms with Gasteiger partial charge in [-0.3, -0.25) is 9.69 Å². The smallest absolute Gasteiger partial charge is 0.225 e. The molecule has 2 unspecified atom stereocenters. The summed E-state index contributed by atoms with van der Waals surface area (Å²) in [5, 5.41) is 3.07. The van der Waals surface area contributed by atoms with Crippen LogP contribution in [0.4, 0.5) is 5.69 Å². The van der Waals surface area contributed by atoms with E-state index < -0.39 is 0 Å².